The molecule has 5 heteroatoms. The summed E-state index contributed by atoms with van der Waals surface area (Å²) in [5.74, 6) is 0.296. The van der Waals surface area contributed by atoms with Crippen molar-refractivity contribution in [2.45, 2.75) is 59.0 Å². The zero-order valence-corrected chi connectivity index (χ0v) is 22.1. The normalized spacial score (nSPS) is 13.4. The fourth-order valence-electron chi connectivity index (χ4n) is 3.99. The number of hydrogen-bond acceptors (Lipinski definition) is 2. The van der Waals surface area contributed by atoms with Gasteiger partial charge in [0.25, 0.3) is 0 Å². The summed E-state index contributed by atoms with van der Waals surface area (Å²) in [6.07, 6.45) is 0.580. The smallest absolute Gasteiger partial charge is 0.181 e. The molecule has 3 aromatic rings. The molecule has 0 saturated heterocycles. The first-order valence-corrected chi connectivity index (χ1v) is 12.2. The molecule has 0 N–H and O–H groups in total. The summed E-state index contributed by atoms with van der Waals surface area (Å²) in [7, 11) is 0. The van der Waals surface area contributed by atoms with Gasteiger partial charge in [-0.15, -0.1) is 5.48 Å². The van der Waals surface area contributed by atoms with Crippen molar-refractivity contribution in [2.24, 2.45) is 5.92 Å². The molecule has 0 spiro atoms. The Morgan fingerprint density at radius 2 is 1.38 bits per heavy atom. The quantitative estimate of drug-likeness (QED) is 0.308. The molecule has 0 bridgehead atoms. The zero-order valence-electron chi connectivity index (χ0n) is 20.6. The van der Waals surface area contributed by atoms with Crippen molar-refractivity contribution >= 4 is 28.9 Å². The molecule has 0 amide bonds. The van der Waals surface area contributed by atoms with Crippen LogP contribution in [0, 0.1) is 17.2 Å². The fourth-order valence-corrected chi connectivity index (χ4v) is 4.24. The van der Waals surface area contributed by atoms with Gasteiger partial charge in [0.05, 0.1) is 0 Å². The summed E-state index contributed by atoms with van der Waals surface area (Å²) in [6, 6.07) is 22.1. The highest BCUT2D eigenvalue weighted by Crippen LogP contribution is 2.42. The van der Waals surface area contributed by atoms with Gasteiger partial charge in [-0.3, -0.25) is 0 Å². The molecule has 3 aromatic carbocycles. The van der Waals surface area contributed by atoms with Crippen molar-refractivity contribution < 1.29 is 4.84 Å². The molecule has 1 atom stereocenters. The van der Waals surface area contributed by atoms with E-state index in [0.29, 0.717) is 22.4 Å². The van der Waals surface area contributed by atoms with Gasteiger partial charge in [0.1, 0.15) is 11.8 Å². The highest BCUT2D eigenvalue weighted by molar-refractivity contribution is 6.31. The Bertz CT molecular complexity index is 1170. The van der Waals surface area contributed by atoms with Gasteiger partial charge in [-0.2, -0.15) is 5.26 Å². The summed E-state index contributed by atoms with van der Waals surface area (Å²) in [5, 5.41) is 11.2. The Hall–Kier alpha value is -2.51. The molecule has 1 unspecified atom stereocenters. The molecule has 0 heterocycles. The van der Waals surface area contributed by atoms with E-state index in [1.807, 2.05) is 48.5 Å². The maximum atomic E-state index is 9.81. The highest BCUT2D eigenvalue weighted by Gasteiger charge is 2.30. The van der Waals surface area contributed by atoms with Crippen molar-refractivity contribution in [3.05, 3.63) is 76.3 Å². The van der Waals surface area contributed by atoms with Gasteiger partial charge >= 0.3 is 0 Å². The molecular formula is C29H31Cl2N2O. The van der Waals surface area contributed by atoms with E-state index in [1.165, 1.54) is 0 Å². The lowest BCUT2D eigenvalue weighted by atomic mass is 9.81. The lowest BCUT2D eigenvalue weighted by Crippen LogP contribution is -2.31. The summed E-state index contributed by atoms with van der Waals surface area (Å²) in [5.41, 5.74) is 9.13. The monoisotopic (exact) mass is 493 g/mol. The Kier molecular flexibility index (Phi) is 7.98. The maximum absolute atomic E-state index is 9.81. The second-order valence-electron chi connectivity index (χ2n) is 10.3. The molecule has 34 heavy (non-hydrogen) atoms. The molecule has 0 aliphatic heterocycles. The van der Waals surface area contributed by atoms with Crippen molar-refractivity contribution in [3.8, 4) is 28.3 Å². The predicted molar refractivity (Wildman–Crippen MR) is 142 cm³/mol. The van der Waals surface area contributed by atoms with Crippen LogP contribution in [0.15, 0.2) is 60.7 Å². The van der Waals surface area contributed by atoms with Crippen LogP contribution in [0.3, 0.4) is 0 Å². The topological polar surface area (TPSA) is 47.1 Å². The average Bonchev–Trinajstić information content (AvgIpc) is 2.77. The van der Waals surface area contributed by atoms with Crippen molar-refractivity contribution in [3.63, 3.8) is 0 Å². The van der Waals surface area contributed by atoms with Gasteiger partial charge in [-0.25, -0.2) is 4.84 Å². The third kappa shape index (κ3) is 6.33. The lowest BCUT2D eigenvalue weighted by molar-refractivity contribution is -0.0531. The maximum Gasteiger partial charge on any atom is 0.181 e. The predicted octanol–water partition coefficient (Wildman–Crippen LogP) is 9.12. The number of hydrogen-bond donors (Lipinski definition) is 0. The largest absolute Gasteiger partial charge is 0.230 e. The second-order valence-corrected chi connectivity index (χ2v) is 11.2. The van der Waals surface area contributed by atoms with Crippen molar-refractivity contribution in [2.75, 3.05) is 0 Å². The molecule has 3 rings (SSSR count). The van der Waals surface area contributed by atoms with Crippen LogP contribution in [-0.2, 0) is 10.3 Å². The van der Waals surface area contributed by atoms with Crippen LogP contribution in [0.4, 0.5) is 5.69 Å². The molecule has 1 radical (unpaired) electrons. The Labute approximate surface area is 213 Å². The minimum absolute atomic E-state index is 0.229. The first-order valence-electron chi connectivity index (χ1n) is 11.4. The highest BCUT2D eigenvalue weighted by atomic mass is 35.5. The van der Waals surface area contributed by atoms with E-state index >= 15 is 0 Å². The minimum Gasteiger partial charge on any atom is -0.230 e. The van der Waals surface area contributed by atoms with E-state index in [9.17, 15) is 5.26 Å². The molecule has 0 fully saturated rings. The molecule has 177 valence electrons. The first-order chi connectivity index (χ1) is 15.9. The van der Waals surface area contributed by atoms with E-state index in [4.69, 9.17) is 28.0 Å². The Morgan fingerprint density at radius 3 is 1.85 bits per heavy atom. The van der Waals surface area contributed by atoms with Crippen molar-refractivity contribution in [1.29, 1.82) is 5.26 Å². The van der Waals surface area contributed by atoms with E-state index in [0.717, 1.165) is 33.5 Å². The van der Waals surface area contributed by atoms with Gasteiger partial charge in [-0.1, -0.05) is 82.1 Å². The summed E-state index contributed by atoms with van der Waals surface area (Å²) >= 11 is 12.3. The summed E-state index contributed by atoms with van der Waals surface area (Å²) < 4.78 is 0. The third-order valence-electron chi connectivity index (χ3n) is 5.62. The minimum atomic E-state index is -1.02. The van der Waals surface area contributed by atoms with Crippen LogP contribution in [-0.4, -0.2) is 5.60 Å². The number of nitrogens with zero attached hydrogens (tertiary/aromatic N) is 2. The Morgan fingerprint density at radius 1 is 0.853 bits per heavy atom. The molecular weight excluding hydrogens is 463 g/mol. The fraction of sp³-hybridized carbons (Fsp3) is 0.345. The van der Waals surface area contributed by atoms with E-state index < -0.39 is 5.60 Å². The summed E-state index contributed by atoms with van der Waals surface area (Å²) in [6.45, 7) is 12.4. The molecule has 0 aliphatic rings. The van der Waals surface area contributed by atoms with Crippen LogP contribution in [0.25, 0.3) is 22.3 Å². The first kappa shape index (κ1) is 26.1. The standard InChI is InChI=1S/C29H31Cl2N2O/c1-19(2)17-29(6,18-32)34-33-27-25(21-9-13-24(31)14-10-21)15-22(16-26(27)28(3,4)5)20-7-11-23(30)12-8-20/h7-16,19H,17H2,1-6H3. The molecule has 0 aromatic heterocycles. The van der Waals surface area contributed by atoms with E-state index in [1.54, 1.807) is 6.92 Å². The van der Waals surface area contributed by atoms with Crippen LogP contribution in [0.5, 0.6) is 0 Å². The Balaban J connectivity index is 2.21. The van der Waals surface area contributed by atoms with Crippen LogP contribution < -0.4 is 5.48 Å². The van der Waals surface area contributed by atoms with Crippen LogP contribution >= 0.6 is 23.2 Å². The van der Waals surface area contributed by atoms with Crippen LogP contribution in [0.1, 0.15) is 53.5 Å². The third-order valence-corrected chi connectivity index (χ3v) is 6.13. The van der Waals surface area contributed by atoms with Gasteiger partial charge in [-0.05, 0) is 83.3 Å². The van der Waals surface area contributed by atoms with Gasteiger partial charge < -0.3 is 0 Å². The SMILES string of the molecule is CC(C)CC(C)(C#N)O[N]c1c(-c2ccc(Cl)cc2)cc(-c2ccc(Cl)cc2)cc1C(C)(C)C. The van der Waals surface area contributed by atoms with Gasteiger partial charge in [0, 0.05) is 15.6 Å². The zero-order chi connectivity index (χ0) is 25.1. The second kappa shape index (κ2) is 10.4. The molecule has 3 nitrogen and oxygen atoms in total. The van der Waals surface area contributed by atoms with E-state index in [-0.39, 0.29) is 5.41 Å². The molecule has 0 saturated carbocycles. The van der Waals surface area contributed by atoms with Crippen LogP contribution in [0.2, 0.25) is 10.0 Å². The molecule has 0 aliphatic carbocycles. The van der Waals surface area contributed by atoms with E-state index in [2.05, 4.69) is 58.3 Å². The number of nitriles is 1. The number of benzene rings is 3. The summed E-state index contributed by atoms with van der Waals surface area (Å²) in [4.78, 5) is 5.98. The lowest BCUT2D eigenvalue weighted by Gasteiger charge is -2.28. The van der Waals surface area contributed by atoms with Crippen molar-refractivity contribution in [1.82, 2.24) is 5.48 Å². The average molecular weight is 494 g/mol. The van der Waals surface area contributed by atoms with Gasteiger partial charge in [0.2, 0.25) is 0 Å². The number of halogens is 2. The van der Waals surface area contributed by atoms with Gasteiger partial charge in [0.15, 0.2) is 5.60 Å². The number of rotatable bonds is 7.